The van der Waals surface area contributed by atoms with Crippen molar-refractivity contribution >= 4 is 5.91 Å². The third-order valence-electron chi connectivity index (χ3n) is 2.83. The van der Waals surface area contributed by atoms with Gasteiger partial charge in [-0.15, -0.1) is 0 Å². The second-order valence-electron chi connectivity index (χ2n) is 5.21. The molecular weight excluding hydrogens is 254 g/mol. The van der Waals surface area contributed by atoms with Crippen molar-refractivity contribution in [1.82, 2.24) is 10.3 Å². The average Bonchev–Trinajstić information content (AvgIpc) is 2.37. The predicted molar refractivity (Wildman–Crippen MR) is 79.6 cm³/mol. The fourth-order valence-electron chi connectivity index (χ4n) is 1.92. The molecule has 5 nitrogen and oxygen atoms in total. The first kappa shape index (κ1) is 16.4. The van der Waals surface area contributed by atoms with E-state index in [2.05, 4.69) is 17.2 Å². The molecule has 0 saturated heterocycles. The molecule has 0 aliphatic heterocycles. The van der Waals surface area contributed by atoms with E-state index in [1.54, 1.807) is 6.20 Å². The highest BCUT2D eigenvalue weighted by Gasteiger charge is 2.07. The summed E-state index contributed by atoms with van der Waals surface area (Å²) in [5.41, 5.74) is 6.63. The molecule has 112 valence electrons. The summed E-state index contributed by atoms with van der Waals surface area (Å²) < 4.78 is 5.40. The van der Waals surface area contributed by atoms with E-state index in [9.17, 15) is 4.79 Å². The van der Waals surface area contributed by atoms with Gasteiger partial charge in [-0.05, 0) is 32.4 Å². The van der Waals surface area contributed by atoms with E-state index < -0.39 is 0 Å². The lowest BCUT2D eigenvalue weighted by Gasteiger charge is -2.13. The van der Waals surface area contributed by atoms with Crippen LogP contribution in [0.25, 0.3) is 0 Å². The van der Waals surface area contributed by atoms with Gasteiger partial charge in [0.05, 0.1) is 6.20 Å². The molecule has 1 aromatic heterocycles. The number of nitrogens with two attached hydrogens (primary N) is 1. The molecule has 2 unspecified atom stereocenters. The standard InChI is InChI=1S/C15H25N3O2/c1-4-5-12(3)18-15(19)10-20-14-7-6-13(17-9-14)8-11(2)16/h6-7,9,11-12H,4-5,8,10,16H2,1-3H3,(H,18,19). The smallest absolute Gasteiger partial charge is 0.258 e. The van der Waals surface area contributed by atoms with Crippen molar-refractivity contribution in [2.75, 3.05) is 6.61 Å². The van der Waals surface area contributed by atoms with Crippen LogP contribution in [0.2, 0.25) is 0 Å². The number of carbonyl (C=O) groups is 1. The van der Waals surface area contributed by atoms with Crippen LogP contribution >= 0.6 is 0 Å². The van der Waals surface area contributed by atoms with Gasteiger partial charge in [0.15, 0.2) is 6.61 Å². The fraction of sp³-hybridized carbons (Fsp3) is 0.600. The summed E-state index contributed by atoms with van der Waals surface area (Å²) in [6, 6.07) is 3.95. The zero-order valence-corrected chi connectivity index (χ0v) is 12.6. The monoisotopic (exact) mass is 279 g/mol. The molecule has 0 saturated carbocycles. The highest BCUT2D eigenvalue weighted by atomic mass is 16.5. The summed E-state index contributed by atoms with van der Waals surface area (Å²) >= 11 is 0. The Labute approximate surface area is 120 Å². The molecule has 0 bridgehead atoms. The Morgan fingerprint density at radius 2 is 2.20 bits per heavy atom. The molecule has 2 atom stereocenters. The summed E-state index contributed by atoms with van der Waals surface area (Å²) in [6.45, 7) is 6.04. The van der Waals surface area contributed by atoms with Crippen LogP contribution < -0.4 is 15.8 Å². The van der Waals surface area contributed by atoms with Gasteiger partial charge in [0.1, 0.15) is 5.75 Å². The van der Waals surface area contributed by atoms with Crippen LogP contribution in [-0.2, 0) is 11.2 Å². The van der Waals surface area contributed by atoms with Crippen LogP contribution in [-0.4, -0.2) is 29.6 Å². The minimum absolute atomic E-state index is 0.0162. The maximum atomic E-state index is 11.6. The third kappa shape index (κ3) is 6.52. The Morgan fingerprint density at radius 3 is 2.75 bits per heavy atom. The van der Waals surface area contributed by atoms with E-state index in [4.69, 9.17) is 10.5 Å². The summed E-state index contributed by atoms with van der Waals surface area (Å²) in [5, 5.41) is 2.89. The van der Waals surface area contributed by atoms with Gasteiger partial charge >= 0.3 is 0 Å². The molecule has 1 rings (SSSR count). The Hall–Kier alpha value is -1.62. The van der Waals surface area contributed by atoms with E-state index in [0.29, 0.717) is 5.75 Å². The molecule has 0 spiro atoms. The number of amides is 1. The van der Waals surface area contributed by atoms with Crippen molar-refractivity contribution in [3.8, 4) is 5.75 Å². The molecule has 0 aromatic carbocycles. The molecule has 5 heteroatoms. The van der Waals surface area contributed by atoms with Gasteiger partial charge in [0.25, 0.3) is 5.91 Å². The largest absolute Gasteiger partial charge is 0.482 e. The van der Waals surface area contributed by atoms with Crippen LogP contribution in [0.1, 0.15) is 39.3 Å². The summed E-state index contributed by atoms with van der Waals surface area (Å²) in [5.74, 6) is 0.488. The number of hydrogen-bond donors (Lipinski definition) is 2. The fourth-order valence-corrected chi connectivity index (χ4v) is 1.92. The highest BCUT2D eigenvalue weighted by molar-refractivity contribution is 5.77. The van der Waals surface area contributed by atoms with Crippen LogP contribution in [0.5, 0.6) is 5.75 Å². The van der Waals surface area contributed by atoms with Gasteiger partial charge in [-0.3, -0.25) is 9.78 Å². The summed E-state index contributed by atoms with van der Waals surface area (Å²) in [4.78, 5) is 15.9. The molecule has 20 heavy (non-hydrogen) atoms. The van der Waals surface area contributed by atoms with E-state index in [1.165, 1.54) is 0 Å². The third-order valence-corrected chi connectivity index (χ3v) is 2.83. The zero-order chi connectivity index (χ0) is 15.0. The summed E-state index contributed by atoms with van der Waals surface area (Å²) in [6.07, 6.45) is 4.38. The second-order valence-corrected chi connectivity index (χ2v) is 5.21. The Morgan fingerprint density at radius 1 is 1.45 bits per heavy atom. The first-order valence-electron chi connectivity index (χ1n) is 7.14. The number of pyridine rings is 1. The van der Waals surface area contributed by atoms with E-state index in [0.717, 1.165) is 25.0 Å². The normalized spacial score (nSPS) is 13.6. The predicted octanol–water partition coefficient (Wildman–Crippen LogP) is 1.65. The average molecular weight is 279 g/mol. The van der Waals surface area contributed by atoms with Crippen molar-refractivity contribution in [3.05, 3.63) is 24.0 Å². The van der Waals surface area contributed by atoms with Crippen molar-refractivity contribution < 1.29 is 9.53 Å². The maximum Gasteiger partial charge on any atom is 0.258 e. The molecule has 1 aromatic rings. The van der Waals surface area contributed by atoms with Crippen molar-refractivity contribution in [2.24, 2.45) is 5.73 Å². The highest BCUT2D eigenvalue weighted by Crippen LogP contribution is 2.10. The quantitative estimate of drug-likeness (QED) is 0.758. The van der Waals surface area contributed by atoms with Crippen LogP contribution in [0.3, 0.4) is 0 Å². The first-order chi connectivity index (χ1) is 9.51. The van der Waals surface area contributed by atoms with E-state index in [1.807, 2.05) is 26.0 Å². The minimum atomic E-state index is -0.106. The number of nitrogens with zero attached hydrogens (tertiary/aromatic N) is 1. The molecule has 0 fully saturated rings. The van der Waals surface area contributed by atoms with Crippen molar-refractivity contribution in [3.63, 3.8) is 0 Å². The molecule has 1 amide bonds. The van der Waals surface area contributed by atoms with E-state index >= 15 is 0 Å². The number of nitrogens with one attached hydrogen (secondary N) is 1. The van der Waals surface area contributed by atoms with Gasteiger partial charge in [0, 0.05) is 24.2 Å². The number of hydrogen-bond acceptors (Lipinski definition) is 4. The molecular formula is C15H25N3O2. The van der Waals surface area contributed by atoms with Crippen LogP contribution in [0.4, 0.5) is 0 Å². The summed E-state index contributed by atoms with van der Waals surface area (Å²) in [7, 11) is 0. The molecule has 1 heterocycles. The molecule has 0 radical (unpaired) electrons. The number of rotatable bonds is 8. The maximum absolute atomic E-state index is 11.6. The Balaban J connectivity index is 2.36. The van der Waals surface area contributed by atoms with Gasteiger partial charge in [-0.1, -0.05) is 13.3 Å². The molecule has 0 aliphatic rings. The number of carbonyl (C=O) groups excluding carboxylic acids is 1. The molecule has 0 aliphatic carbocycles. The lowest BCUT2D eigenvalue weighted by atomic mass is 10.2. The lowest BCUT2D eigenvalue weighted by Crippen LogP contribution is -2.35. The van der Waals surface area contributed by atoms with Gasteiger partial charge in [0.2, 0.25) is 0 Å². The Bertz CT molecular complexity index is 404. The van der Waals surface area contributed by atoms with Gasteiger partial charge in [-0.2, -0.15) is 0 Å². The van der Waals surface area contributed by atoms with Crippen molar-refractivity contribution in [1.29, 1.82) is 0 Å². The van der Waals surface area contributed by atoms with Crippen LogP contribution in [0.15, 0.2) is 18.3 Å². The SMILES string of the molecule is CCCC(C)NC(=O)COc1ccc(CC(C)N)nc1. The number of aromatic nitrogens is 1. The van der Waals surface area contributed by atoms with Gasteiger partial charge < -0.3 is 15.8 Å². The Kier molecular flexibility index (Phi) is 7.01. The zero-order valence-electron chi connectivity index (χ0n) is 12.6. The van der Waals surface area contributed by atoms with Gasteiger partial charge in [-0.25, -0.2) is 0 Å². The number of ether oxygens (including phenoxy) is 1. The lowest BCUT2D eigenvalue weighted by molar-refractivity contribution is -0.123. The minimum Gasteiger partial charge on any atom is -0.482 e. The topological polar surface area (TPSA) is 77.2 Å². The van der Waals surface area contributed by atoms with E-state index in [-0.39, 0.29) is 24.6 Å². The molecule has 3 N–H and O–H groups in total. The van der Waals surface area contributed by atoms with Crippen molar-refractivity contribution in [2.45, 2.75) is 52.1 Å². The second kappa shape index (κ2) is 8.53. The van der Waals surface area contributed by atoms with Crippen LogP contribution in [0, 0.1) is 0 Å². The first-order valence-corrected chi connectivity index (χ1v) is 7.14.